The topological polar surface area (TPSA) is 32.3 Å². The maximum Gasteiger partial charge on any atom is 0.228 e. The third-order valence-electron chi connectivity index (χ3n) is 2.63. The quantitative estimate of drug-likeness (QED) is 0.785. The summed E-state index contributed by atoms with van der Waals surface area (Å²) < 4.78 is 1.04. The standard InChI is InChI=1S/C11H13BrN2O/c1-7-5-8(12)6-9-11(7)14(2)10(15)3-4-13-9/h5-6,13H,3-4H2,1-2H3. The third-order valence-corrected chi connectivity index (χ3v) is 3.09. The van der Waals surface area contributed by atoms with Crippen LogP contribution in [0, 0.1) is 6.92 Å². The van der Waals surface area contributed by atoms with E-state index in [4.69, 9.17) is 0 Å². The van der Waals surface area contributed by atoms with E-state index in [9.17, 15) is 4.79 Å². The van der Waals surface area contributed by atoms with Gasteiger partial charge < -0.3 is 10.2 Å². The van der Waals surface area contributed by atoms with Crippen LogP contribution in [-0.2, 0) is 4.79 Å². The second-order valence-corrected chi connectivity index (χ2v) is 4.66. The van der Waals surface area contributed by atoms with E-state index in [0.717, 1.165) is 21.4 Å². The molecule has 1 aliphatic heterocycles. The Morgan fingerprint density at radius 3 is 2.93 bits per heavy atom. The first-order valence-corrected chi connectivity index (χ1v) is 5.69. The van der Waals surface area contributed by atoms with E-state index >= 15 is 0 Å². The minimum absolute atomic E-state index is 0.159. The van der Waals surface area contributed by atoms with Crippen molar-refractivity contribution in [3.8, 4) is 0 Å². The molecule has 1 amide bonds. The molecule has 1 aliphatic rings. The summed E-state index contributed by atoms with van der Waals surface area (Å²) in [7, 11) is 1.83. The van der Waals surface area contributed by atoms with Gasteiger partial charge in [-0.1, -0.05) is 15.9 Å². The zero-order valence-corrected chi connectivity index (χ0v) is 10.4. The Hall–Kier alpha value is -1.03. The van der Waals surface area contributed by atoms with E-state index in [1.807, 2.05) is 26.1 Å². The number of carbonyl (C=O) groups excluding carboxylic acids is 1. The fraction of sp³-hybridized carbons (Fsp3) is 0.364. The number of nitrogens with one attached hydrogen (secondary N) is 1. The lowest BCUT2D eigenvalue weighted by Gasteiger charge is -2.19. The van der Waals surface area contributed by atoms with Gasteiger partial charge in [0.2, 0.25) is 5.91 Å². The summed E-state index contributed by atoms with van der Waals surface area (Å²) in [4.78, 5) is 13.4. The average Bonchev–Trinajstić information content (AvgIpc) is 2.27. The molecular formula is C11H13BrN2O. The number of fused-ring (bicyclic) bond motifs is 1. The molecular weight excluding hydrogens is 256 g/mol. The number of carbonyl (C=O) groups is 1. The second-order valence-electron chi connectivity index (χ2n) is 3.75. The van der Waals surface area contributed by atoms with Crippen molar-refractivity contribution in [2.45, 2.75) is 13.3 Å². The van der Waals surface area contributed by atoms with Crippen LogP contribution in [0.4, 0.5) is 11.4 Å². The van der Waals surface area contributed by atoms with Gasteiger partial charge >= 0.3 is 0 Å². The van der Waals surface area contributed by atoms with Crippen molar-refractivity contribution in [2.24, 2.45) is 0 Å². The van der Waals surface area contributed by atoms with Crippen molar-refractivity contribution < 1.29 is 4.79 Å². The lowest BCUT2D eigenvalue weighted by Crippen LogP contribution is -2.25. The molecule has 0 aliphatic carbocycles. The van der Waals surface area contributed by atoms with Gasteiger partial charge in [-0.05, 0) is 24.6 Å². The number of anilines is 2. The van der Waals surface area contributed by atoms with E-state index in [-0.39, 0.29) is 5.91 Å². The molecule has 0 saturated heterocycles. The van der Waals surface area contributed by atoms with Crippen molar-refractivity contribution in [1.29, 1.82) is 0 Å². The van der Waals surface area contributed by atoms with E-state index in [2.05, 4.69) is 21.2 Å². The van der Waals surface area contributed by atoms with Crippen LogP contribution in [0.3, 0.4) is 0 Å². The zero-order valence-electron chi connectivity index (χ0n) is 8.80. The fourth-order valence-corrected chi connectivity index (χ4v) is 2.48. The molecule has 80 valence electrons. The van der Waals surface area contributed by atoms with Crippen LogP contribution < -0.4 is 10.2 Å². The summed E-state index contributed by atoms with van der Waals surface area (Å²) in [5, 5.41) is 3.28. The van der Waals surface area contributed by atoms with Gasteiger partial charge in [0, 0.05) is 24.5 Å². The molecule has 1 N–H and O–H groups in total. The first-order valence-electron chi connectivity index (χ1n) is 4.90. The van der Waals surface area contributed by atoms with E-state index in [0.29, 0.717) is 13.0 Å². The molecule has 3 nitrogen and oxygen atoms in total. The molecule has 15 heavy (non-hydrogen) atoms. The molecule has 0 atom stereocenters. The maximum atomic E-state index is 11.7. The SMILES string of the molecule is Cc1cc(Br)cc2c1N(C)C(=O)CCN2. The number of aryl methyl sites for hydroxylation is 1. The lowest BCUT2D eigenvalue weighted by atomic mass is 10.1. The van der Waals surface area contributed by atoms with Gasteiger partial charge in [0.15, 0.2) is 0 Å². The molecule has 0 unspecified atom stereocenters. The van der Waals surface area contributed by atoms with Gasteiger partial charge in [0.05, 0.1) is 11.4 Å². The molecule has 1 aromatic carbocycles. The molecule has 0 aromatic heterocycles. The fourth-order valence-electron chi connectivity index (χ4n) is 1.91. The van der Waals surface area contributed by atoms with Gasteiger partial charge in [-0.15, -0.1) is 0 Å². The Kier molecular flexibility index (Phi) is 2.69. The van der Waals surface area contributed by atoms with Crippen molar-refractivity contribution in [3.05, 3.63) is 22.2 Å². The number of hydrogen-bond acceptors (Lipinski definition) is 2. The van der Waals surface area contributed by atoms with Gasteiger partial charge in [0.25, 0.3) is 0 Å². The zero-order chi connectivity index (χ0) is 11.0. The predicted octanol–water partition coefficient (Wildman–Crippen LogP) is 2.54. The summed E-state index contributed by atoms with van der Waals surface area (Å²) in [6.07, 6.45) is 0.544. The highest BCUT2D eigenvalue weighted by atomic mass is 79.9. The van der Waals surface area contributed by atoms with Gasteiger partial charge in [-0.2, -0.15) is 0 Å². The van der Waals surface area contributed by atoms with E-state index in [1.54, 1.807) is 4.90 Å². The number of rotatable bonds is 0. The van der Waals surface area contributed by atoms with Gasteiger partial charge in [0.1, 0.15) is 0 Å². The van der Waals surface area contributed by atoms with Crippen LogP contribution in [0.15, 0.2) is 16.6 Å². The van der Waals surface area contributed by atoms with Crippen LogP contribution in [0.25, 0.3) is 0 Å². The Bertz CT molecular complexity index is 417. The highest BCUT2D eigenvalue weighted by molar-refractivity contribution is 9.10. The minimum atomic E-state index is 0.159. The lowest BCUT2D eigenvalue weighted by molar-refractivity contribution is -0.118. The molecule has 0 spiro atoms. The van der Waals surface area contributed by atoms with Crippen molar-refractivity contribution in [3.63, 3.8) is 0 Å². The summed E-state index contributed by atoms with van der Waals surface area (Å²) >= 11 is 3.46. The molecule has 0 saturated carbocycles. The second kappa shape index (κ2) is 3.85. The Morgan fingerprint density at radius 2 is 2.20 bits per heavy atom. The van der Waals surface area contributed by atoms with Gasteiger partial charge in [-0.3, -0.25) is 4.79 Å². The summed E-state index contributed by atoms with van der Waals surface area (Å²) in [5.74, 6) is 0.159. The van der Waals surface area contributed by atoms with Crippen LogP contribution in [0.1, 0.15) is 12.0 Å². The van der Waals surface area contributed by atoms with E-state index < -0.39 is 0 Å². The Labute approximate surface area is 97.6 Å². The monoisotopic (exact) mass is 268 g/mol. The third kappa shape index (κ3) is 1.86. The number of nitrogens with zero attached hydrogens (tertiary/aromatic N) is 1. The molecule has 0 fully saturated rings. The minimum Gasteiger partial charge on any atom is -0.383 e. The maximum absolute atomic E-state index is 11.7. The Balaban J connectivity index is 2.58. The largest absolute Gasteiger partial charge is 0.383 e. The highest BCUT2D eigenvalue weighted by Crippen LogP contribution is 2.34. The van der Waals surface area contributed by atoms with Crippen molar-refractivity contribution in [2.75, 3.05) is 23.8 Å². The van der Waals surface area contributed by atoms with E-state index in [1.165, 1.54) is 0 Å². The summed E-state index contributed by atoms with van der Waals surface area (Å²) in [6, 6.07) is 4.03. The average molecular weight is 269 g/mol. The first-order chi connectivity index (χ1) is 7.09. The molecule has 0 bridgehead atoms. The van der Waals surface area contributed by atoms with Gasteiger partial charge in [-0.25, -0.2) is 0 Å². The molecule has 0 radical (unpaired) electrons. The van der Waals surface area contributed by atoms with Crippen molar-refractivity contribution in [1.82, 2.24) is 0 Å². The molecule has 1 aromatic rings. The highest BCUT2D eigenvalue weighted by Gasteiger charge is 2.20. The van der Waals surface area contributed by atoms with Crippen LogP contribution in [0.5, 0.6) is 0 Å². The molecule has 2 rings (SSSR count). The number of benzene rings is 1. The first kappa shape index (κ1) is 10.5. The summed E-state index contributed by atoms with van der Waals surface area (Å²) in [6.45, 7) is 2.71. The van der Waals surface area contributed by atoms with Crippen LogP contribution in [-0.4, -0.2) is 19.5 Å². The number of amides is 1. The molecule has 1 heterocycles. The Morgan fingerprint density at radius 1 is 1.47 bits per heavy atom. The normalized spacial score (nSPS) is 15.7. The van der Waals surface area contributed by atoms with Crippen LogP contribution >= 0.6 is 15.9 Å². The number of halogens is 1. The van der Waals surface area contributed by atoms with Crippen LogP contribution in [0.2, 0.25) is 0 Å². The molecule has 4 heteroatoms. The van der Waals surface area contributed by atoms with Crippen molar-refractivity contribution >= 4 is 33.2 Å². The smallest absolute Gasteiger partial charge is 0.228 e. The number of hydrogen-bond donors (Lipinski definition) is 1. The summed E-state index contributed by atoms with van der Waals surface area (Å²) in [5.41, 5.74) is 3.11. The predicted molar refractivity (Wildman–Crippen MR) is 65.4 cm³/mol.